The van der Waals surface area contributed by atoms with Crippen LogP contribution < -0.4 is 5.69 Å². The maximum Gasteiger partial charge on any atom is 0.350 e. The van der Waals surface area contributed by atoms with Crippen molar-refractivity contribution in [2.24, 2.45) is 0 Å². The molecule has 1 aliphatic heterocycles. The topological polar surface area (TPSA) is 85.9 Å². The van der Waals surface area contributed by atoms with E-state index in [4.69, 9.17) is 4.74 Å². The number of pyridine rings is 1. The Balaban J connectivity index is 2.06. The summed E-state index contributed by atoms with van der Waals surface area (Å²) in [5.74, 6) is 0. The number of aromatic nitrogens is 3. The molecule has 0 atom stereocenters. The first-order valence-corrected chi connectivity index (χ1v) is 8.26. The van der Waals surface area contributed by atoms with Crippen molar-refractivity contribution in [3.8, 4) is 0 Å². The van der Waals surface area contributed by atoms with Gasteiger partial charge in [0.05, 0.1) is 24.7 Å². The Bertz CT molecular complexity index is 862. The Labute approximate surface area is 127 Å². The van der Waals surface area contributed by atoms with Gasteiger partial charge in [-0.25, -0.2) is 22.3 Å². The average molecular weight is 324 g/mol. The predicted octanol–water partition coefficient (Wildman–Crippen LogP) is -0.297. The maximum absolute atomic E-state index is 12.6. The van der Waals surface area contributed by atoms with Crippen LogP contribution in [-0.4, -0.2) is 53.2 Å². The van der Waals surface area contributed by atoms with E-state index >= 15 is 0 Å². The number of hydrogen-bond acceptors (Lipinski definition) is 5. The lowest BCUT2D eigenvalue weighted by molar-refractivity contribution is 0.0730. The van der Waals surface area contributed by atoms with Gasteiger partial charge in [0.15, 0.2) is 5.65 Å². The number of fused-ring (bicyclic) bond motifs is 1. The van der Waals surface area contributed by atoms with Gasteiger partial charge in [0.25, 0.3) is 0 Å². The molecular weight excluding hydrogens is 308 g/mol. The average Bonchev–Trinajstić information content (AvgIpc) is 2.84. The van der Waals surface area contributed by atoms with Crippen molar-refractivity contribution in [2.45, 2.75) is 11.4 Å². The molecule has 118 valence electrons. The van der Waals surface area contributed by atoms with Crippen LogP contribution >= 0.6 is 0 Å². The first-order chi connectivity index (χ1) is 10.5. The van der Waals surface area contributed by atoms with E-state index in [0.29, 0.717) is 32.0 Å². The first-order valence-electron chi connectivity index (χ1n) is 6.82. The van der Waals surface area contributed by atoms with Crippen LogP contribution in [-0.2, 0) is 21.3 Å². The second kappa shape index (κ2) is 5.67. The fourth-order valence-corrected chi connectivity index (χ4v) is 3.74. The molecule has 0 N–H and O–H groups in total. The number of nitrogens with zero attached hydrogens (tertiary/aromatic N) is 4. The molecule has 1 aliphatic rings. The zero-order chi connectivity index (χ0) is 15.7. The third-order valence-electron chi connectivity index (χ3n) is 3.46. The number of sulfonamides is 1. The van der Waals surface area contributed by atoms with Crippen molar-refractivity contribution < 1.29 is 13.2 Å². The minimum Gasteiger partial charge on any atom is -0.379 e. The van der Waals surface area contributed by atoms with E-state index in [1.807, 2.05) is 0 Å². The SMILES string of the molecule is C=CCn1nc2ccc(S(=O)(=O)N3CCOCC3)cn2c1=O. The van der Waals surface area contributed by atoms with Crippen molar-refractivity contribution in [1.82, 2.24) is 18.5 Å². The van der Waals surface area contributed by atoms with Gasteiger partial charge in [-0.05, 0) is 12.1 Å². The van der Waals surface area contributed by atoms with E-state index in [-0.39, 0.29) is 11.4 Å². The van der Waals surface area contributed by atoms with E-state index in [1.54, 1.807) is 6.08 Å². The smallest absolute Gasteiger partial charge is 0.350 e. The highest BCUT2D eigenvalue weighted by Crippen LogP contribution is 2.17. The summed E-state index contributed by atoms with van der Waals surface area (Å²) in [6.07, 6.45) is 2.87. The third kappa shape index (κ3) is 2.47. The van der Waals surface area contributed by atoms with Gasteiger partial charge in [-0.3, -0.25) is 0 Å². The van der Waals surface area contributed by atoms with Crippen LogP contribution in [0.25, 0.3) is 5.65 Å². The van der Waals surface area contributed by atoms with Crippen LogP contribution in [0.5, 0.6) is 0 Å². The summed E-state index contributed by atoms with van der Waals surface area (Å²) in [5.41, 5.74) is 0.00158. The molecule has 0 aromatic carbocycles. The van der Waals surface area contributed by atoms with E-state index < -0.39 is 15.7 Å². The highest BCUT2D eigenvalue weighted by Gasteiger charge is 2.27. The summed E-state index contributed by atoms with van der Waals surface area (Å²) in [5, 5.41) is 4.11. The molecule has 3 heterocycles. The largest absolute Gasteiger partial charge is 0.379 e. The summed E-state index contributed by atoms with van der Waals surface area (Å²) in [4.78, 5) is 12.2. The second-order valence-corrected chi connectivity index (χ2v) is 6.80. The quantitative estimate of drug-likeness (QED) is 0.721. The molecule has 22 heavy (non-hydrogen) atoms. The van der Waals surface area contributed by atoms with Gasteiger partial charge < -0.3 is 4.74 Å². The summed E-state index contributed by atoms with van der Waals surface area (Å²) >= 11 is 0. The van der Waals surface area contributed by atoms with Crippen molar-refractivity contribution in [1.29, 1.82) is 0 Å². The van der Waals surface area contributed by atoms with Crippen LogP contribution in [0.1, 0.15) is 0 Å². The molecule has 2 aromatic heterocycles. The van der Waals surface area contributed by atoms with E-state index in [0.717, 1.165) is 0 Å². The molecule has 8 nitrogen and oxygen atoms in total. The van der Waals surface area contributed by atoms with Crippen molar-refractivity contribution in [3.05, 3.63) is 41.5 Å². The van der Waals surface area contributed by atoms with Crippen molar-refractivity contribution in [3.63, 3.8) is 0 Å². The number of ether oxygens (including phenoxy) is 1. The van der Waals surface area contributed by atoms with Gasteiger partial charge in [-0.1, -0.05) is 6.08 Å². The molecule has 0 unspecified atom stereocenters. The Morgan fingerprint density at radius 2 is 2.05 bits per heavy atom. The normalized spacial score (nSPS) is 16.9. The predicted molar refractivity (Wildman–Crippen MR) is 79.2 cm³/mol. The lowest BCUT2D eigenvalue weighted by Crippen LogP contribution is -2.40. The van der Waals surface area contributed by atoms with Gasteiger partial charge >= 0.3 is 5.69 Å². The van der Waals surface area contributed by atoms with E-state index in [1.165, 1.54) is 31.7 Å². The number of allylic oxidation sites excluding steroid dienone is 1. The summed E-state index contributed by atoms with van der Waals surface area (Å²) < 4.78 is 34.2. The van der Waals surface area contributed by atoms with Crippen molar-refractivity contribution >= 4 is 15.7 Å². The molecule has 0 radical (unpaired) electrons. The first kappa shape index (κ1) is 14.9. The van der Waals surface area contributed by atoms with Gasteiger partial charge in [0.2, 0.25) is 10.0 Å². The Morgan fingerprint density at radius 3 is 2.73 bits per heavy atom. The van der Waals surface area contributed by atoms with E-state index in [9.17, 15) is 13.2 Å². The molecular formula is C13H16N4O4S. The zero-order valence-corrected chi connectivity index (χ0v) is 12.7. The number of rotatable bonds is 4. The van der Waals surface area contributed by atoms with Gasteiger partial charge in [-0.15, -0.1) is 11.7 Å². The molecule has 0 bridgehead atoms. The van der Waals surface area contributed by atoms with Crippen LogP contribution in [0.15, 0.2) is 40.7 Å². The van der Waals surface area contributed by atoms with Crippen LogP contribution in [0, 0.1) is 0 Å². The number of morpholine rings is 1. The van der Waals surface area contributed by atoms with Crippen LogP contribution in [0.2, 0.25) is 0 Å². The summed E-state index contributed by atoms with van der Waals surface area (Å²) in [6, 6.07) is 2.99. The molecule has 0 aliphatic carbocycles. The summed E-state index contributed by atoms with van der Waals surface area (Å²) in [7, 11) is -3.64. The standard InChI is InChI=1S/C13H16N4O4S/c1-2-5-17-13(18)16-10-11(3-4-12(16)14-17)22(19,20)15-6-8-21-9-7-15/h2-4,10H,1,5-9H2. The molecule has 0 spiro atoms. The van der Waals surface area contributed by atoms with Crippen LogP contribution in [0.4, 0.5) is 0 Å². The Kier molecular flexibility index (Phi) is 3.85. The minimum absolute atomic E-state index is 0.0714. The molecule has 0 saturated carbocycles. The van der Waals surface area contributed by atoms with Gasteiger partial charge in [0.1, 0.15) is 0 Å². The number of hydrogen-bond donors (Lipinski definition) is 0. The lowest BCUT2D eigenvalue weighted by Gasteiger charge is -2.25. The highest BCUT2D eigenvalue weighted by molar-refractivity contribution is 7.89. The highest BCUT2D eigenvalue weighted by atomic mass is 32.2. The molecule has 0 amide bonds. The van der Waals surface area contributed by atoms with Crippen LogP contribution in [0.3, 0.4) is 0 Å². The molecule has 1 saturated heterocycles. The third-order valence-corrected chi connectivity index (χ3v) is 5.34. The molecule has 9 heteroatoms. The van der Waals surface area contributed by atoms with E-state index in [2.05, 4.69) is 11.7 Å². The zero-order valence-electron chi connectivity index (χ0n) is 11.9. The van der Waals surface area contributed by atoms with Crippen molar-refractivity contribution in [2.75, 3.05) is 26.3 Å². The second-order valence-electron chi connectivity index (χ2n) is 4.86. The minimum atomic E-state index is -3.64. The Morgan fingerprint density at radius 1 is 1.32 bits per heavy atom. The maximum atomic E-state index is 12.6. The monoisotopic (exact) mass is 324 g/mol. The molecule has 1 fully saturated rings. The lowest BCUT2D eigenvalue weighted by atomic mass is 10.5. The Hall–Kier alpha value is -1.97. The fraction of sp³-hybridized carbons (Fsp3) is 0.385. The molecule has 3 rings (SSSR count). The van der Waals surface area contributed by atoms with Gasteiger partial charge in [-0.2, -0.15) is 4.31 Å². The molecule has 2 aromatic rings. The summed E-state index contributed by atoms with van der Waals surface area (Å²) in [6.45, 7) is 5.20. The van der Waals surface area contributed by atoms with Gasteiger partial charge in [0, 0.05) is 19.3 Å². The fourth-order valence-electron chi connectivity index (χ4n) is 2.33.